The molecule has 174 valence electrons. The zero-order valence-corrected chi connectivity index (χ0v) is 19.6. The van der Waals surface area contributed by atoms with Crippen LogP contribution in [0.25, 0.3) is 0 Å². The van der Waals surface area contributed by atoms with Gasteiger partial charge >= 0.3 is 12.3 Å². The number of carbonyl (C=O) groups is 1. The van der Waals surface area contributed by atoms with Gasteiger partial charge < -0.3 is 14.5 Å². The molecule has 1 saturated heterocycles. The molecule has 0 spiro atoms. The molecule has 1 aliphatic rings. The second kappa shape index (κ2) is 9.18. The molecular weight excluding hydrogens is 431 g/mol. The van der Waals surface area contributed by atoms with E-state index in [-0.39, 0.29) is 5.56 Å². The molecule has 0 aliphatic carbocycles. The Hall–Kier alpha value is -2.10. The Morgan fingerprint density at radius 3 is 2.13 bits per heavy atom. The smallest absolute Gasteiger partial charge is 0.416 e. The van der Waals surface area contributed by atoms with Crippen LogP contribution in [-0.2, 0) is 21.9 Å². The fourth-order valence-corrected chi connectivity index (χ4v) is 3.37. The summed E-state index contributed by atoms with van der Waals surface area (Å²) in [5, 5.41) is 0. The summed E-state index contributed by atoms with van der Waals surface area (Å²) in [6, 6.07) is 3.43. The number of hydrogen-bond donors (Lipinski definition) is 0. The van der Waals surface area contributed by atoms with E-state index in [2.05, 4.69) is 4.40 Å². The van der Waals surface area contributed by atoms with Crippen LogP contribution >= 0.6 is 0 Å². The van der Waals surface area contributed by atoms with Crippen LogP contribution < -0.4 is 4.90 Å². The number of carbonyl (C=O) groups excluding carboxylic acids is 1. The predicted molar refractivity (Wildman–Crippen MR) is 117 cm³/mol. The number of alkyl halides is 3. The van der Waals surface area contributed by atoms with Gasteiger partial charge in [-0.3, -0.25) is 0 Å². The summed E-state index contributed by atoms with van der Waals surface area (Å²) < 4.78 is 60.7. The quantitative estimate of drug-likeness (QED) is 0.615. The molecule has 0 saturated carbocycles. The van der Waals surface area contributed by atoms with Crippen LogP contribution in [0.4, 0.5) is 23.7 Å². The first-order valence-electron chi connectivity index (χ1n) is 9.98. The van der Waals surface area contributed by atoms with Gasteiger partial charge in [0.1, 0.15) is 16.6 Å². The normalized spacial score (nSPS) is 17.2. The van der Waals surface area contributed by atoms with Crippen LogP contribution in [0, 0.1) is 0 Å². The lowest BCUT2D eigenvalue weighted by molar-refractivity contribution is -0.137. The minimum atomic E-state index is -4.50. The standard InChI is InChI=1S/C21H30F3N3O3S/c1-19(2,3)30-18(28)27-11-9-26(10-12-27)17-8-7-16(21(22,23)24)13-15(17)14-25-31(29)20(4,5)6/h7-8,13-14H,9-12H2,1-6H3/t31-/m0/s1. The van der Waals surface area contributed by atoms with Crippen molar-refractivity contribution in [2.45, 2.75) is 58.1 Å². The van der Waals surface area contributed by atoms with Gasteiger partial charge in [0.15, 0.2) is 0 Å². The minimum Gasteiger partial charge on any atom is -0.444 e. The monoisotopic (exact) mass is 461 g/mol. The average Bonchev–Trinajstić information content (AvgIpc) is 2.63. The van der Waals surface area contributed by atoms with E-state index in [0.717, 1.165) is 12.1 Å². The van der Waals surface area contributed by atoms with E-state index in [1.54, 1.807) is 46.4 Å². The van der Waals surface area contributed by atoms with E-state index in [1.807, 2.05) is 4.90 Å². The summed E-state index contributed by atoms with van der Waals surface area (Å²) in [6.07, 6.45) is -3.67. The van der Waals surface area contributed by atoms with Gasteiger partial charge in [-0.2, -0.15) is 17.6 Å². The maximum absolute atomic E-state index is 13.2. The number of nitrogens with zero attached hydrogens (tertiary/aromatic N) is 3. The summed E-state index contributed by atoms with van der Waals surface area (Å²) in [7, 11) is -1.60. The molecule has 1 fully saturated rings. The van der Waals surface area contributed by atoms with Crippen molar-refractivity contribution < 1.29 is 26.9 Å². The molecule has 10 heteroatoms. The Bertz CT molecular complexity index is 850. The van der Waals surface area contributed by atoms with Crippen molar-refractivity contribution >= 4 is 29.0 Å². The van der Waals surface area contributed by atoms with E-state index < -0.39 is 39.2 Å². The molecule has 31 heavy (non-hydrogen) atoms. The molecule has 0 unspecified atom stereocenters. The highest BCUT2D eigenvalue weighted by molar-refractivity contribution is 7.85. The first-order chi connectivity index (χ1) is 14.1. The minimum absolute atomic E-state index is 0.234. The molecule has 1 aromatic rings. The number of rotatable bonds is 3. The van der Waals surface area contributed by atoms with Crippen molar-refractivity contribution in [1.82, 2.24) is 4.90 Å². The summed E-state index contributed by atoms with van der Waals surface area (Å²) in [5.74, 6) is 0. The van der Waals surface area contributed by atoms with Crippen molar-refractivity contribution in [3.63, 3.8) is 0 Å². The van der Waals surface area contributed by atoms with Gasteiger partial charge in [0.05, 0.1) is 10.3 Å². The number of halogens is 3. The Morgan fingerprint density at radius 1 is 1.06 bits per heavy atom. The van der Waals surface area contributed by atoms with Crippen molar-refractivity contribution in [1.29, 1.82) is 0 Å². The van der Waals surface area contributed by atoms with Gasteiger partial charge in [-0.05, 0) is 59.7 Å². The Kier molecular flexibility index (Phi) is 7.45. The fraction of sp³-hybridized carbons (Fsp3) is 0.619. The van der Waals surface area contributed by atoms with Crippen LogP contribution in [0.2, 0.25) is 0 Å². The molecule has 1 amide bonds. The molecule has 1 aliphatic heterocycles. The lowest BCUT2D eigenvalue weighted by Crippen LogP contribution is -2.50. The molecule has 2 rings (SSSR count). The zero-order valence-electron chi connectivity index (χ0n) is 18.7. The Labute approximate surface area is 184 Å². The van der Waals surface area contributed by atoms with Gasteiger partial charge in [-0.15, -0.1) is 0 Å². The van der Waals surface area contributed by atoms with Crippen LogP contribution in [0.15, 0.2) is 22.6 Å². The van der Waals surface area contributed by atoms with Gasteiger partial charge in [0.2, 0.25) is 0 Å². The van der Waals surface area contributed by atoms with Crippen LogP contribution in [0.3, 0.4) is 0 Å². The Balaban J connectivity index is 2.25. The number of hydrogen-bond acceptors (Lipinski definition) is 4. The van der Waals surface area contributed by atoms with Crippen molar-refractivity contribution in [3.05, 3.63) is 29.3 Å². The molecule has 0 N–H and O–H groups in total. The van der Waals surface area contributed by atoms with Gasteiger partial charge in [0, 0.05) is 43.6 Å². The molecular formula is C21H30F3N3O3S. The third-order valence-electron chi connectivity index (χ3n) is 4.44. The van der Waals surface area contributed by atoms with Crippen molar-refractivity contribution in [2.75, 3.05) is 31.1 Å². The highest BCUT2D eigenvalue weighted by atomic mass is 32.2. The molecule has 0 aromatic heterocycles. The number of ether oxygens (including phenoxy) is 1. The van der Waals surface area contributed by atoms with E-state index >= 15 is 0 Å². The van der Waals surface area contributed by atoms with E-state index in [0.29, 0.717) is 31.9 Å². The van der Waals surface area contributed by atoms with Crippen LogP contribution in [0.1, 0.15) is 52.7 Å². The number of amides is 1. The molecule has 0 bridgehead atoms. The average molecular weight is 462 g/mol. The SMILES string of the molecule is CC(C)(C)OC(=O)N1CCN(c2ccc(C(F)(F)F)cc2C=N[S@@](=O)C(C)(C)C)CC1. The van der Waals surface area contributed by atoms with Gasteiger partial charge in [-0.1, -0.05) is 0 Å². The fourth-order valence-electron chi connectivity index (χ4n) is 2.84. The summed E-state index contributed by atoms with van der Waals surface area (Å²) in [6.45, 7) is 12.2. The molecule has 6 nitrogen and oxygen atoms in total. The molecule has 1 aromatic carbocycles. The maximum atomic E-state index is 13.2. The van der Waals surface area contributed by atoms with Crippen molar-refractivity contribution in [2.24, 2.45) is 4.40 Å². The second-order valence-corrected chi connectivity index (χ2v) is 11.3. The third kappa shape index (κ3) is 7.22. The van der Waals surface area contributed by atoms with E-state index in [9.17, 15) is 22.2 Å². The largest absolute Gasteiger partial charge is 0.444 e. The lowest BCUT2D eigenvalue weighted by Gasteiger charge is -2.37. The molecule has 1 heterocycles. The highest BCUT2D eigenvalue weighted by Gasteiger charge is 2.32. The number of piperazine rings is 1. The topological polar surface area (TPSA) is 62.2 Å². The van der Waals surface area contributed by atoms with Crippen molar-refractivity contribution in [3.8, 4) is 0 Å². The van der Waals surface area contributed by atoms with Gasteiger partial charge in [0.25, 0.3) is 0 Å². The zero-order chi connectivity index (χ0) is 23.6. The van der Waals surface area contributed by atoms with Gasteiger partial charge in [-0.25, -0.2) is 9.00 Å². The Morgan fingerprint density at radius 2 is 1.65 bits per heavy atom. The highest BCUT2D eigenvalue weighted by Crippen LogP contribution is 2.33. The number of benzene rings is 1. The lowest BCUT2D eigenvalue weighted by atomic mass is 10.1. The maximum Gasteiger partial charge on any atom is 0.416 e. The third-order valence-corrected chi connectivity index (χ3v) is 5.78. The first kappa shape index (κ1) is 25.2. The summed E-state index contributed by atoms with van der Waals surface area (Å²) in [5.41, 5.74) is -0.621. The van der Waals surface area contributed by atoms with E-state index in [1.165, 1.54) is 12.3 Å². The molecule has 1 atom stereocenters. The number of anilines is 1. The summed E-state index contributed by atoms with van der Waals surface area (Å²) >= 11 is 0. The first-order valence-corrected chi connectivity index (χ1v) is 11.1. The molecule has 0 radical (unpaired) electrons. The predicted octanol–water partition coefficient (Wildman–Crippen LogP) is 4.64. The second-order valence-electron chi connectivity index (χ2n) is 9.32. The summed E-state index contributed by atoms with van der Waals surface area (Å²) in [4.78, 5) is 15.7. The van der Waals surface area contributed by atoms with Crippen LogP contribution in [-0.4, -0.2) is 57.9 Å². The van der Waals surface area contributed by atoms with E-state index in [4.69, 9.17) is 4.74 Å². The van der Waals surface area contributed by atoms with Crippen LogP contribution in [0.5, 0.6) is 0 Å².